The Morgan fingerprint density at radius 2 is 1.71 bits per heavy atom. The maximum Gasteiger partial charge on any atom is 0.261 e. The molecule has 0 aliphatic carbocycles. The summed E-state index contributed by atoms with van der Waals surface area (Å²) in [5.41, 5.74) is 1.75. The molecule has 5 nitrogen and oxygen atoms in total. The molecule has 0 aliphatic rings. The minimum Gasteiger partial charge on any atom is -0.483 e. The Kier molecular flexibility index (Phi) is 8.69. The van der Waals surface area contributed by atoms with Crippen LogP contribution >= 0.6 is 15.9 Å². The molecule has 1 atom stereocenters. The van der Waals surface area contributed by atoms with Gasteiger partial charge in [0, 0.05) is 12.1 Å². The first-order valence-electron chi connectivity index (χ1n) is 10.6. The van der Waals surface area contributed by atoms with E-state index in [2.05, 4.69) is 35.1 Å². The SMILES string of the molecule is CC(C)c1ccc(OCC(=O)N(Cc2ccccc2)[C@H](C)C(=O)NC(C)(C)C)c(Br)c1. The van der Waals surface area contributed by atoms with Gasteiger partial charge in [0.2, 0.25) is 5.91 Å². The second-order valence-electron chi connectivity index (χ2n) is 9.06. The third-order valence-corrected chi connectivity index (χ3v) is 5.45. The van der Waals surface area contributed by atoms with E-state index >= 15 is 0 Å². The first-order valence-corrected chi connectivity index (χ1v) is 11.3. The Morgan fingerprint density at radius 1 is 1.06 bits per heavy atom. The molecule has 0 heterocycles. The topological polar surface area (TPSA) is 58.6 Å². The fourth-order valence-electron chi connectivity index (χ4n) is 3.05. The third kappa shape index (κ3) is 7.69. The molecular weight excluding hydrogens is 456 g/mol. The van der Waals surface area contributed by atoms with Crippen LogP contribution in [0.3, 0.4) is 0 Å². The van der Waals surface area contributed by atoms with Gasteiger partial charge in [0.1, 0.15) is 11.8 Å². The average Bonchev–Trinajstić information content (AvgIpc) is 2.69. The van der Waals surface area contributed by atoms with Crippen molar-refractivity contribution in [2.45, 2.75) is 65.6 Å². The lowest BCUT2D eigenvalue weighted by Gasteiger charge is -2.31. The lowest BCUT2D eigenvalue weighted by molar-refractivity contribution is -0.142. The number of halogens is 1. The number of carbonyl (C=O) groups excluding carboxylic acids is 2. The van der Waals surface area contributed by atoms with Crippen molar-refractivity contribution in [2.24, 2.45) is 0 Å². The van der Waals surface area contributed by atoms with Crippen molar-refractivity contribution in [3.05, 3.63) is 64.1 Å². The minimum absolute atomic E-state index is 0.153. The second-order valence-corrected chi connectivity index (χ2v) is 9.91. The van der Waals surface area contributed by atoms with E-state index in [1.807, 2.05) is 69.3 Å². The fourth-order valence-corrected chi connectivity index (χ4v) is 3.56. The molecule has 168 valence electrons. The molecule has 2 aromatic carbocycles. The average molecular weight is 489 g/mol. The predicted molar refractivity (Wildman–Crippen MR) is 128 cm³/mol. The molecule has 2 aromatic rings. The predicted octanol–water partition coefficient (Wildman–Crippen LogP) is 5.28. The normalized spacial score (nSPS) is 12.4. The third-order valence-electron chi connectivity index (χ3n) is 4.83. The highest BCUT2D eigenvalue weighted by Gasteiger charge is 2.28. The zero-order chi connectivity index (χ0) is 23.2. The highest BCUT2D eigenvalue weighted by molar-refractivity contribution is 9.10. The van der Waals surface area contributed by atoms with Crippen molar-refractivity contribution in [3.8, 4) is 5.75 Å². The van der Waals surface area contributed by atoms with Gasteiger partial charge in [-0.2, -0.15) is 0 Å². The van der Waals surface area contributed by atoms with E-state index in [0.717, 1.165) is 10.0 Å². The van der Waals surface area contributed by atoms with E-state index in [9.17, 15) is 9.59 Å². The Bertz CT molecular complexity index is 891. The number of amides is 2. The Labute approximate surface area is 194 Å². The number of hydrogen-bond acceptors (Lipinski definition) is 3. The number of rotatable bonds is 8. The van der Waals surface area contributed by atoms with Gasteiger partial charge in [-0.3, -0.25) is 9.59 Å². The van der Waals surface area contributed by atoms with Crippen LogP contribution in [0.4, 0.5) is 0 Å². The lowest BCUT2D eigenvalue weighted by atomic mass is 10.0. The largest absolute Gasteiger partial charge is 0.483 e. The summed E-state index contributed by atoms with van der Waals surface area (Å²) in [6, 6.07) is 14.9. The number of carbonyl (C=O) groups is 2. The van der Waals surface area contributed by atoms with Gasteiger partial charge in [-0.25, -0.2) is 0 Å². The number of hydrogen-bond donors (Lipinski definition) is 1. The molecule has 0 saturated carbocycles. The quantitative estimate of drug-likeness (QED) is 0.549. The molecule has 0 fully saturated rings. The van der Waals surface area contributed by atoms with Crippen LogP contribution in [0.25, 0.3) is 0 Å². The lowest BCUT2D eigenvalue weighted by Crippen LogP contribution is -2.53. The molecule has 0 saturated heterocycles. The molecular formula is C25H33BrN2O3. The van der Waals surface area contributed by atoms with Crippen LogP contribution in [0.1, 0.15) is 58.6 Å². The molecule has 31 heavy (non-hydrogen) atoms. The van der Waals surface area contributed by atoms with Crippen molar-refractivity contribution in [1.82, 2.24) is 10.2 Å². The van der Waals surface area contributed by atoms with Gasteiger partial charge in [0.05, 0.1) is 4.47 Å². The molecule has 0 spiro atoms. The van der Waals surface area contributed by atoms with Crippen LogP contribution in [0, 0.1) is 0 Å². The van der Waals surface area contributed by atoms with Gasteiger partial charge in [0.25, 0.3) is 5.91 Å². The minimum atomic E-state index is -0.637. The second kappa shape index (κ2) is 10.8. The molecule has 6 heteroatoms. The molecule has 0 aromatic heterocycles. The number of nitrogens with one attached hydrogen (secondary N) is 1. The van der Waals surface area contributed by atoms with E-state index < -0.39 is 6.04 Å². The molecule has 0 unspecified atom stereocenters. The standard InChI is InChI=1S/C25H33BrN2O3/c1-17(2)20-12-13-22(21(26)14-20)31-16-23(29)28(15-19-10-8-7-9-11-19)18(3)24(30)27-25(4,5)6/h7-14,17-18H,15-16H2,1-6H3,(H,27,30)/t18-/m1/s1. The summed E-state index contributed by atoms with van der Waals surface area (Å²) in [5.74, 6) is 0.555. The summed E-state index contributed by atoms with van der Waals surface area (Å²) >= 11 is 3.53. The molecule has 2 rings (SSSR count). The maximum atomic E-state index is 13.1. The van der Waals surface area contributed by atoms with Crippen molar-refractivity contribution in [3.63, 3.8) is 0 Å². The Balaban J connectivity index is 2.16. The van der Waals surface area contributed by atoms with E-state index in [1.165, 1.54) is 5.56 Å². The Hall–Kier alpha value is -2.34. The summed E-state index contributed by atoms with van der Waals surface area (Å²) in [5, 5.41) is 2.96. The van der Waals surface area contributed by atoms with Gasteiger partial charge in [-0.1, -0.05) is 50.2 Å². The van der Waals surface area contributed by atoms with E-state index in [-0.39, 0.29) is 24.0 Å². The van der Waals surface area contributed by atoms with Gasteiger partial charge >= 0.3 is 0 Å². The molecule has 0 bridgehead atoms. The summed E-state index contributed by atoms with van der Waals surface area (Å²) < 4.78 is 6.62. The molecule has 0 aliphatic heterocycles. The van der Waals surface area contributed by atoms with E-state index in [1.54, 1.807) is 11.8 Å². The highest BCUT2D eigenvalue weighted by Crippen LogP contribution is 2.29. The maximum absolute atomic E-state index is 13.1. The first-order chi connectivity index (χ1) is 14.5. The first kappa shape index (κ1) is 24.9. The van der Waals surface area contributed by atoms with Gasteiger partial charge < -0.3 is 15.0 Å². The summed E-state index contributed by atoms with van der Waals surface area (Å²) in [4.78, 5) is 27.5. The summed E-state index contributed by atoms with van der Waals surface area (Å²) in [6.45, 7) is 11.9. The molecule has 0 radical (unpaired) electrons. The number of ether oxygens (including phenoxy) is 1. The highest BCUT2D eigenvalue weighted by atomic mass is 79.9. The zero-order valence-corrected chi connectivity index (χ0v) is 20.8. The molecule has 1 N–H and O–H groups in total. The van der Waals surface area contributed by atoms with Crippen LogP contribution in [0.2, 0.25) is 0 Å². The van der Waals surface area contributed by atoms with Gasteiger partial charge in [-0.05, 0) is 72.8 Å². The van der Waals surface area contributed by atoms with Gasteiger partial charge in [-0.15, -0.1) is 0 Å². The number of benzene rings is 2. The van der Waals surface area contributed by atoms with Crippen molar-refractivity contribution in [2.75, 3.05) is 6.61 Å². The van der Waals surface area contributed by atoms with Crippen molar-refractivity contribution < 1.29 is 14.3 Å². The van der Waals surface area contributed by atoms with E-state index in [4.69, 9.17) is 4.74 Å². The summed E-state index contributed by atoms with van der Waals surface area (Å²) in [6.07, 6.45) is 0. The van der Waals surface area contributed by atoms with Crippen molar-refractivity contribution >= 4 is 27.7 Å². The van der Waals surface area contributed by atoms with Crippen LogP contribution in [-0.2, 0) is 16.1 Å². The van der Waals surface area contributed by atoms with Crippen LogP contribution in [0.5, 0.6) is 5.75 Å². The van der Waals surface area contributed by atoms with Gasteiger partial charge in [0.15, 0.2) is 6.61 Å². The summed E-state index contributed by atoms with van der Waals surface area (Å²) in [7, 11) is 0. The van der Waals surface area contributed by atoms with Crippen LogP contribution < -0.4 is 10.1 Å². The van der Waals surface area contributed by atoms with E-state index in [0.29, 0.717) is 18.2 Å². The van der Waals surface area contributed by atoms with Crippen LogP contribution in [0.15, 0.2) is 53.0 Å². The van der Waals surface area contributed by atoms with Crippen molar-refractivity contribution in [1.29, 1.82) is 0 Å². The fraction of sp³-hybridized carbons (Fsp3) is 0.440. The zero-order valence-electron chi connectivity index (χ0n) is 19.2. The number of nitrogens with zero attached hydrogens (tertiary/aromatic N) is 1. The smallest absolute Gasteiger partial charge is 0.261 e. The van der Waals surface area contributed by atoms with Crippen LogP contribution in [-0.4, -0.2) is 34.9 Å². The molecule has 2 amide bonds. The Morgan fingerprint density at radius 3 is 2.26 bits per heavy atom. The monoisotopic (exact) mass is 488 g/mol.